The fourth-order valence-corrected chi connectivity index (χ4v) is 1.30. The molecule has 1 rings (SSSR count). The molecule has 0 amide bonds. The molecular formula is C8H14N4O2. The van der Waals surface area contributed by atoms with E-state index in [0.717, 1.165) is 12.8 Å². The molecule has 0 bridgehead atoms. The van der Waals surface area contributed by atoms with Gasteiger partial charge in [0, 0.05) is 6.54 Å². The quantitative estimate of drug-likeness (QED) is 0.531. The van der Waals surface area contributed by atoms with Crippen LogP contribution < -0.4 is 0 Å². The highest BCUT2D eigenvalue weighted by Crippen LogP contribution is 2.16. The van der Waals surface area contributed by atoms with E-state index in [0.29, 0.717) is 18.7 Å². The van der Waals surface area contributed by atoms with E-state index in [2.05, 4.69) is 10.3 Å². The molecular weight excluding hydrogens is 184 g/mol. The zero-order valence-corrected chi connectivity index (χ0v) is 8.43. The molecule has 0 fully saturated rings. The van der Waals surface area contributed by atoms with Crippen LogP contribution in [0.15, 0.2) is 0 Å². The Hall–Kier alpha value is -1.46. The summed E-state index contributed by atoms with van der Waals surface area (Å²) in [6.07, 6.45) is 2.61. The van der Waals surface area contributed by atoms with Crippen LogP contribution in [0.1, 0.15) is 32.4 Å². The molecule has 0 aliphatic rings. The molecule has 6 heteroatoms. The third-order valence-electron chi connectivity index (χ3n) is 2.06. The number of unbranched alkanes of at least 4 members (excludes halogenated alkanes) is 1. The Balaban J connectivity index is 2.93. The lowest BCUT2D eigenvalue weighted by Gasteiger charge is -2.00. The van der Waals surface area contributed by atoms with Crippen molar-refractivity contribution in [2.45, 2.75) is 39.7 Å². The molecule has 0 aliphatic heterocycles. The van der Waals surface area contributed by atoms with E-state index < -0.39 is 4.92 Å². The van der Waals surface area contributed by atoms with Crippen molar-refractivity contribution in [3.05, 3.63) is 15.8 Å². The predicted molar refractivity (Wildman–Crippen MR) is 51.0 cm³/mol. The van der Waals surface area contributed by atoms with Crippen molar-refractivity contribution in [3.8, 4) is 0 Å². The van der Waals surface area contributed by atoms with Crippen LogP contribution >= 0.6 is 0 Å². The number of nitro groups is 1. The molecule has 1 aromatic heterocycles. The third kappa shape index (κ3) is 2.07. The molecule has 14 heavy (non-hydrogen) atoms. The zero-order valence-electron chi connectivity index (χ0n) is 8.43. The maximum atomic E-state index is 10.6. The molecule has 0 saturated heterocycles. The molecule has 0 aromatic carbocycles. The van der Waals surface area contributed by atoms with E-state index in [9.17, 15) is 10.1 Å². The minimum Gasteiger partial charge on any atom is -0.358 e. The average molecular weight is 198 g/mol. The van der Waals surface area contributed by atoms with Crippen molar-refractivity contribution >= 4 is 5.82 Å². The normalized spacial score (nSPS) is 10.4. The van der Waals surface area contributed by atoms with Crippen molar-refractivity contribution < 1.29 is 4.92 Å². The molecule has 6 nitrogen and oxygen atoms in total. The van der Waals surface area contributed by atoms with Gasteiger partial charge in [-0.15, -0.1) is 0 Å². The van der Waals surface area contributed by atoms with E-state index in [-0.39, 0.29) is 5.82 Å². The Kier molecular flexibility index (Phi) is 3.55. The highest BCUT2D eigenvalue weighted by Gasteiger charge is 2.21. The highest BCUT2D eigenvalue weighted by atomic mass is 16.6. The molecule has 1 heterocycles. The second-order valence-electron chi connectivity index (χ2n) is 3.04. The van der Waals surface area contributed by atoms with Gasteiger partial charge in [-0.3, -0.25) is 0 Å². The lowest BCUT2D eigenvalue weighted by atomic mass is 10.2. The summed E-state index contributed by atoms with van der Waals surface area (Å²) in [4.78, 5) is 10.1. The number of nitrogens with zero attached hydrogens (tertiary/aromatic N) is 4. The van der Waals surface area contributed by atoms with Gasteiger partial charge >= 0.3 is 5.82 Å². The van der Waals surface area contributed by atoms with Crippen molar-refractivity contribution in [2.24, 2.45) is 0 Å². The van der Waals surface area contributed by atoms with Crippen LogP contribution in [0.25, 0.3) is 0 Å². The van der Waals surface area contributed by atoms with Crippen LogP contribution in [0, 0.1) is 10.1 Å². The topological polar surface area (TPSA) is 73.8 Å². The summed E-state index contributed by atoms with van der Waals surface area (Å²) in [7, 11) is 0. The molecule has 0 N–H and O–H groups in total. The molecule has 78 valence electrons. The lowest BCUT2D eigenvalue weighted by Crippen LogP contribution is -2.04. The average Bonchev–Trinajstić information content (AvgIpc) is 2.57. The van der Waals surface area contributed by atoms with Gasteiger partial charge in [-0.2, -0.15) is 0 Å². The first-order valence-electron chi connectivity index (χ1n) is 4.77. The van der Waals surface area contributed by atoms with Gasteiger partial charge in [0.2, 0.25) is 0 Å². The number of rotatable bonds is 5. The van der Waals surface area contributed by atoms with E-state index in [1.165, 1.54) is 0 Å². The van der Waals surface area contributed by atoms with E-state index in [1.54, 1.807) is 4.68 Å². The summed E-state index contributed by atoms with van der Waals surface area (Å²) in [5.74, 6) is -0.0969. The van der Waals surface area contributed by atoms with E-state index >= 15 is 0 Å². The Morgan fingerprint density at radius 2 is 2.21 bits per heavy atom. The summed E-state index contributed by atoms with van der Waals surface area (Å²) in [6, 6.07) is 0. The maximum absolute atomic E-state index is 10.6. The second-order valence-corrected chi connectivity index (χ2v) is 3.04. The smallest absolute Gasteiger partial charge is 0.358 e. The number of aryl methyl sites for hydroxylation is 1. The summed E-state index contributed by atoms with van der Waals surface area (Å²) in [5, 5.41) is 17.9. The van der Waals surface area contributed by atoms with Crippen LogP contribution in [-0.4, -0.2) is 19.9 Å². The van der Waals surface area contributed by atoms with Gasteiger partial charge in [0.25, 0.3) is 0 Å². The first kappa shape index (κ1) is 10.6. The number of aromatic nitrogens is 3. The Labute approximate surface area is 82.1 Å². The van der Waals surface area contributed by atoms with Crippen molar-refractivity contribution in [2.75, 3.05) is 0 Å². The number of hydrogen-bond donors (Lipinski definition) is 0. The summed E-state index contributed by atoms with van der Waals surface area (Å²) >= 11 is 0. The summed E-state index contributed by atoms with van der Waals surface area (Å²) in [5.41, 5.74) is 0.638. The van der Waals surface area contributed by atoms with Crippen LogP contribution in [0.2, 0.25) is 0 Å². The predicted octanol–water partition coefficient (Wildman–Crippen LogP) is 1.55. The largest absolute Gasteiger partial charge is 0.413 e. The minimum atomic E-state index is -0.468. The van der Waals surface area contributed by atoms with Crippen molar-refractivity contribution in [1.82, 2.24) is 15.0 Å². The van der Waals surface area contributed by atoms with E-state index in [1.807, 2.05) is 13.8 Å². The van der Waals surface area contributed by atoms with Gasteiger partial charge in [-0.05, 0) is 24.7 Å². The fraction of sp³-hybridized carbons (Fsp3) is 0.750. The molecule has 0 atom stereocenters. The van der Waals surface area contributed by atoms with Crippen LogP contribution in [-0.2, 0) is 13.0 Å². The first-order chi connectivity index (χ1) is 6.70. The minimum absolute atomic E-state index is 0.0969. The van der Waals surface area contributed by atoms with Crippen molar-refractivity contribution in [3.63, 3.8) is 0 Å². The Morgan fingerprint density at radius 3 is 2.71 bits per heavy atom. The monoisotopic (exact) mass is 198 g/mol. The molecule has 0 unspecified atom stereocenters. The number of hydrogen-bond acceptors (Lipinski definition) is 4. The molecule has 1 aromatic rings. The van der Waals surface area contributed by atoms with E-state index in [4.69, 9.17) is 0 Å². The Bertz CT molecular complexity index is 321. The van der Waals surface area contributed by atoms with Crippen molar-refractivity contribution in [1.29, 1.82) is 0 Å². The molecule has 0 radical (unpaired) electrons. The Morgan fingerprint density at radius 1 is 1.50 bits per heavy atom. The lowest BCUT2D eigenvalue weighted by molar-refractivity contribution is -0.390. The SMILES string of the molecule is CCCCc1c([N+](=O)[O-])nnn1CC. The van der Waals surface area contributed by atoms with Crippen LogP contribution in [0.5, 0.6) is 0 Å². The highest BCUT2D eigenvalue weighted by molar-refractivity contribution is 5.24. The zero-order chi connectivity index (χ0) is 10.6. The van der Waals surface area contributed by atoms with Crippen LogP contribution in [0.3, 0.4) is 0 Å². The van der Waals surface area contributed by atoms with Gasteiger partial charge in [-0.25, -0.2) is 4.68 Å². The maximum Gasteiger partial charge on any atom is 0.413 e. The standard InChI is InChI=1S/C8H14N4O2/c1-3-5-6-7-8(12(13)14)9-10-11(7)4-2/h3-6H2,1-2H3. The van der Waals surface area contributed by atoms with Crippen LogP contribution in [0.4, 0.5) is 5.82 Å². The van der Waals surface area contributed by atoms with Gasteiger partial charge < -0.3 is 10.1 Å². The fourth-order valence-electron chi connectivity index (χ4n) is 1.30. The molecule has 0 aliphatic carbocycles. The summed E-state index contributed by atoms with van der Waals surface area (Å²) < 4.78 is 1.59. The van der Waals surface area contributed by atoms with Gasteiger partial charge in [0.15, 0.2) is 0 Å². The van der Waals surface area contributed by atoms with Gasteiger partial charge in [0.05, 0.1) is 5.21 Å². The molecule has 0 saturated carbocycles. The molecule has 0 spiro atoms. The second kappa shape index (κ2) is 4.69. The van der Waals surface area contributed by atoms with Gasteiger partial charge in [0.1, 0.15) is 10.8 Å². The first-order valence-corrected chi connectivity index (χ1v) is 4.77. The third-order valence-corrected chi connectivity index (χ3v) is 2.06. The van der Waals surface area contributed by atoms with Gasteiger partial charge in [-0.1, -0.05) is 13.3 Å². The summed E-state index contributed by atoms with van der Waals surface area (Å²) in [6.45, 7) is 4.57.